The molecular formula is C7H9NNaO7PS. The van der Waals surface area contributed by atoms with Gasteiger partial charge in [-0.1, -0.05) is 12.1 Å². The number of phosphoric acid groups is 1. The van der Waals surface area contributed by atoms with Crippen molar-refractivity contribution in [1.29, 1.82) is 0 Å². The molecule has 0 aromatic heterocycles. The number of fused-ring (bicyclic) bond motifs is 1. The molecule has 0 spiro atoms. The minimum atomic E-state index is -4.64. The number of rotatable bonds is 0. The Kier molecular flexibility index (Phi) is 6.18. The fourth-order valence-corrected chi connectivity index (χ4v) is 2.29. The fraction of sp³-hybridized carbons (Fsp3) is 0. The molecule has 18 heavy (non-hydrogen) atoms. The summed E-state index contributed by atoms with van der Waals surface area (Å²) in [4.78, 5) is 32.6. The van der Waals surface area contributed by atoms with Crippen LogP contribution < -0.4 is 4.72 Å². The number of amides is 1. The number of nitrogens with one attached hydrogen (secondary N) is 1. The first-order valence-electron chi connectivity index (χ1n) is 4.06. The van der Waals surface area contributed by atoms with E-state index in [1.807, 2.05) is 4.72 Å². The Bertz CT molecular complexity index is 587. The first kappa shape index (κ1) is 17.8. The van der Waals surface area contributed by atoms with Gasteiger partial charge in [-0.2, -0.15) is 0 Å². The number of carbonyl (C=O) groups excluding carboxylic acids is 1. The topological polar surface area (TPSA) is 141 Å². The Labute approximate surface area is 125 Å². The van der Waals surface area contributed by atoms with Crippen molar-refractivity contribution in [2.75, 3.05) is 0 Å². The summed E-state index contributed by atoms with van der Waals surface area (Å²) in [7, 11) is -8.19. The van der Waals surface area contributed by atoms with Gasteiger partial charge in [-0.05, 0) is 12.1 Å². The number of benzene rings is 1. The van der Waals surface area contributed by atoms with Crippen LogP contribution in [0.3, 0.4) is 0 Å². The Morgan fingerprint density at radius 3 is 2.00 bits per heavy atom. The molecule has 1 aliphatic heterocycles. The van der Waals surface area contributed by atoms with Crippen LogP contribution in [0.4, 0.5) is 0 Å². The summed E-state index contributed by atoms with van der Waals surface area (Å²) in [5, 5.41) is 0. The van der Waals surface area contributed by atoms with Gasteiger partial charge in [-0.25, -0.2) is 17.7 Å². The summed E-state index contributed by atoms with van der Waals surface area (Å²) in [5.74, 6) is -0.550. The van der Waals surface area contributed by atoms with Crippen molar-refractivity contribution in [1.82, 2.24) is 4.72 Å². The fourth-order valence-electron chi connectivity index (χ4n) is 1.12. The summed E-state index contributed by atoms with van der Waals surface area (Å²) in [6.45, 7) is 0. The van der Waals surface area contributed by atoms with E-state index in [4.69, 9.17) is 19.2 Å². The molecule has 1 aromatic rings. The molecule has 11 heteroatoms. The molecule has 8 nitrogen and oxygen atoms in total. The molecule has 0 saturated heterocycles. The summed E-state index contributed by atoms with van der Waals surface area (Å²) in [5.41, 5.74) is 0.220. The van der Waals surface area contributed by atoms with Gasteiger partial charge in [0.15, 0.2) is 0 Å². The molecule has 1 aliphatic rings. The Morgan fingerprint density at radius 2 is 1.56 bits per heavy atom. The molecule has 0 atom stereocenters. The first-order valence-corrected chi connectivity index (χ1v) is 7.10. The molecule has 0 unspecified atom stereocenters. The maximum atomic E-state index is 11.1. The average Bonchev–Trinajstić information content (AvgIpc) is 2.36. The van der Waals surface area contributed by atoms with E-state index in [1.165, 1.54) is 12.1 Å². The van der Waals surface area contributed by atoms with Gasteiger partial charge >= 0.3 is 37.4 Å². The summed E-state index contributed by atoms with van der Waals surface area (Å²) in [6.07, 6.45) is 0. The Hall–Kier alpha value is -0.250. The van der Waals surface area contributed by atoms with Crippen LogP contribution in [0.25, 0.3) is 0 Å². The van der Waals surface area contributed by atoms with Crippen LogP contribution in [0.5, 0.6) is 0 Å². The SMILES string of the molecule is O=C1NS(=O)(=O)c2ccccc21.O=P(O)(O)O.[NaH]. The molecule has 2 rings (SSSR count). The molecule has 96 valence electrons. The number of sulfonamides is 1. The van der Waals surface area contributed by atoms with Crippen molar-refractivity contribution in [2.24, 2.45) is 0 Å². The van der Waals surface area contributed by atoms with Gasteiger partial charge in [0.05, 0.1) is 5.56 Å². The third kappa shape index (κ3) is 5.17. The van der Waals surface area contributed by atoms with Crippen molar-refractivity contribution in [3.05, 3.63) is 29.8 Å². The molecule has 1 aromatic carbocycles. The predicted molar refractivity (Wildman–Crippen MR) is 62.5 cm³/mol. The van der Waals surface area contributed by atoms with Crippen LogP contribution in [0, 0.1) is 0 Å². The number of carbonyl (C=O) groups is 1. The van der Waals surface area contributed by atoms with Gasteiger partial charge in [0.25, 0.3) is 15.9 Å². The van der Waals surface area contributed by atoms with E-state index in [0.29, 0.717) is 0 Å². The van der Waals surface area contributed by atoms with Gasteiger partial charge in [-0.15, -0.1) is 0 Å². The first-order chi connectivity index (χ1) is 7.61. The van der Waals surface area contributed by atoms with Gasteiger partial charge in [-0.3, -0.25) is 4.79 Å². The van der Waals surface area contributed by atoms with E-state index in [2.05, 4.69) is 0 Å². The van der Waals surface area contributed by atoms with Gasteiger partial charge in [0.1, 0.15) is 4.90 Å². The van der Waals surface area contributed by atoms with Crippen LogP contribution in [0.2, 0.25) is 0 Å². The Morgan fingerprint density at radius 1 is 1.11 bits per heavy atom. The third-order valence-corrected chi connectivity index (χ3v) is 3.04. The summed E-state index contributed by atoms with van der Waals surface area (Å²) in [6, 6.07) is 6.09. The van der Waals surface area contributed by atoms with E-state index in [0.717, 1.165) is 0 Å². The van der Waals surface area contributed by atoms with E-state index in [-0.39, 0.29) is 40.0 Å². The van der Waals surface area contributed by atoms with E-state index < -0.39 is 23.8 Å². The monoisotopic (exact) mass is 305 g/mol. The van der Waals surface area contributed by atoms with Crippen LogP contribution in [0.1, 0.15) is 10.4 Å². The van der Waals surface area contributed by atoms with Gasteiger partial charge in [0.2, 0.25) is 0 Å². The summed E-state index contributed by atoms with van der Waals surface area (Å²) >= 11 is 0. The van der Waals surface area contributed by atoms with Crippen molar-refractivity contribution in [3.8, 4) is 0 Å². The van der Waals surface area contributed by atoms with Crippen LogP contribution in [0.15, 0.2) is 29.2 Å². The van der Waals surface area contributed by atoms with E-state index in [1.54, 1.807) is 12.1 Å². The number of hydrogen-bond acceptors (Lipinski definition) is 4. The average molecular weight is 305 g/mol. The van der Waals surface area contributed by atoms with E-state index in [9.17, 15) is 13.2 Å². The molecule has 0 fully saturated rings. The molecule has 0 saturated carbocycles. The maximum absolute atomic E-state index is 11.1. The molecule has 0 radical (unpaired) electrons. The summed E-state index contributed by atoms with van der Waals surface area (Å²) < 4.78 is 33.0. The van der Waals surface area contributed by atoms with Crippen molar-refractivity contribution < 1.29 is 32.5 Å². The second kappa shape index (κ2) is 6.27. The van der Waals surface area contributed by atoms with E-state index >= 15 is 0 Å². The van der Waals surface area contributed by atoms with Crippen molar-refractivity contribution in [2.45, 2.75) is 4.90 Å². The Balaban J connectivity index is 0.000000421. The van der Waals surface area contributed by atoms with Crippen LogP contribution >= 0.6 is 7.82 Å². The quantitative estimate of drug-likeness (QED) is 0.339. The molecule has 0 bridgehead atoms. The van der Waals surface area contributed by atoms with Crippen molar-refractivity contribution in [3.63, 3.8) is 0 Å². The second-order valence-corrected chi connectivity index (χ2v) is 5.62. The van der Waals surface area contributed by atoms with Crippen molar-refractivity contribution >= 4 is 53.3 Å². The normalized spacial score (nSPS) is 15.6. The zero-order valence-electron chi connectivity index (χ0n) is 8.14. The molecule has 4 N–H and O–H groups in total. The number of hydrogen-bond donors (Lipinski definition) is 4. The molecular weight excluding hydrogens is 296 g/mol. The van der Waals surface area contributed by atoms with Crippen LogP contribution in [-0.2, 0) is 14.6 Å². The molecule has 0 aliphatic carbocycles. The molecule has 1 heterocycles. The third-order valence-electron chi connectivity index (χ3n) is 1.65. The zero-order valence-corrected chi connectivity index (χ0v) is 9.85. The molecule has 1 amide bonds. The second-order valence-electron chi connectivity index (χ2n) is 2.94. The van der Waals surface area contributed by atoms with Crippen LogP contribution in [-0.4, -0.2) is 58.6 Å². The predicted octanol–water partition coefficient (Wildman–Crippen LogP) is -1.46. The zero-order chi connectivity index (χ0) is 13.3. The van der Waals surface area contributed by atoms with Gasteiger partial charge < -0.3 is 14.7 Å². The standard InChI is InChI=1S/C7H5NO3S.Na.H3O4P.H/c9-7-5-3-1-2-4-6(5)12(10,11)8-7;;1-5(2,3)4;/h1-4H,(H,8,9);;(H3,1,2,3,4);. The van der Waals surface area contributed by atoms with Gasteiger partial charge in [0, 0.05) is 0 Å². The minimum absolute atomic E-state index is 0.